The Morgan fingerprint density at radius 1 is 1.53 bits per heavy atom. The van der Waals surface area contributed by atoms with Crippen LogP contribution in [0.1, 0.15) is 6.92 Å². The number of nitrogens with zero attached hydrogens (tertiary/aromatic N) is 1. The van der Waals surface area contributed by atoms with Crippen LogP contribution in [0.15, 0.2) is 0 Å². The molecular formula is C8H7F3N2O2. The van der Waals surface area contributed by atoms with E-state index in [2.05, 4.69) is 0 Å². The van der Waals surface area contributed by atoms with E-state index in [1.54, 1.807) is 5.32 Å². The number of urea groups is 1. The predicted octanol–water partition coefficient (Wildman–Crippen LogP) is 0.492. The second-order valence-corrected chi connectivity index (χ2v) is 3.15. The van der Waals surface area contributed by atoms with E-state index in [1.165, 1.54) is 0 Å². The fourth-order valence-corrected chi connectivity index (χ4v) is 1.12. The zero-order valence-electron chi connectivity index (χ0n) is 7.68. The van der Waals surface area contributed by atoms with Crippen molar-refractivity contribution in [3.8, 4) is 12.3 Å². The summed E-state index contributed by atoms with van der Waals surface area (Å²) in [7, 11) is 0. The highest BCUT2D eigenvalue weighted by atomic mass is 19.4. The molecule has 1 unspecified atom stereocenters. The molecule has 0 aromatic rings. The lowest BCUT2D eigenvalue weighted by molar-refractivity contribution is -0.190. The number of halogens is 3. The third kappa shape index (κ3) is 1.52. The highest BCUT2D eigenvalue weighted by molar-refractivity contribution is 6.07. The van der Waals surface area contributed by atoms with Crippen LogP contribution in [0.25, 0.3) is 0 Å². The summed E-state index contributed by atoms with van der Waals surface area (Å²) in [5.41, 5.74) is -2.87. The lowest BCUT2D eigenvalue weighted by Crippen LogP contribution is -2.56. The van der Waals surface area contributed by atoms with Gasteiger partial charge in [0.15, 0.2) is 0 Å². The molecule has 82 valence electrons. The van der Waals surface area contributed by atoms with Crippen LogP contribution < -0.4 is 5.32 Å². The smallest absolute Gasteiger partial charge is 0.316 e. The van der Waals surface area contributed by atoms with Crippen molar-refractivity contribution in [3.05, 3.63) is 0 Å². The number of rotatable bonds is 1. The summed E-state index contributed by atoms with van der Waals surface area (Å²) in [5, 5.41) is 1.57. The van der Waals surface area contributed by atoms with E-state index in [-0.39, 0.29) is 0 Å². The van der Waals surface area contributed by atoms with Crippen LogP contribution in [0.4, 0.5) is 18.0 Å². The van der Waals surface area contributed by atoms with Gasteiger partial charge in [0.2, 0.25) is 5.54 Å². The second kappa shape index (κ2) is 3.15. The van der Waals surface area contributed by atoms with Crippen molar-refractivity contribution >= 4 is 11.9 Å². The molecule has 0 aromatic heterocycles. The normalized spacial score (nSPS) is 26.5. The first-order chi connectivity index (χ1) is 6.74. The van der Waals surface area contributed by atoms with Crippen molar-refractivity contribution in [2.45, 2.75) is 18.6 Å². The summed E-state index contributed by atoms with van der Waals surface area (Å²) in [5.74, 6) is 0.560. The van der Waals surface area contributed by atoms with Gasteiger partial charge in [0.1, 0.15) is 0 Å². The van der Waals surface area contributed by atoms with Crippen LogP contribution in [-0.4, -0.2) is 35.1 Å². The minimum Gasteiger partial charge on any atom is -0.316 e. The summed E-state index contributed by atoms with van der Waals surface area (Å²) in [6.07, 6.45) is -0.0189. The average Bonchev–Trinajstić information content (AvgIpc) is 2.29. The van der Waals surface area contributed by atoms with Crippen LogP contribution in [0.3, 0.4) is 0 Å². The van der Waals surface area contributed by atoms with E-state index < -0.39 is 30.2 Å². The van der Waals surface area contributed by atoms with Gasteiger partial charge in [0.25, 0.3) is 5.91 Å². The van der Waals surface area contributed by atoms with Gasteiger partial charge >= 0.3 is 12.2 Å². The number of imide groups is 1. The first-order valence-corrected chi connectivity index (χ1v) is 3.88. The maximum atomic E-state index is 12.5. The molecule has 0 spiro atoms. The Hall–Kier alpha value is -1.71. The quantitative estimate of drug-likeness (QED) is 0.516. The molecule has 1 N–H and O–H groups in total. The van der Waals surface area contributed by atoms with Gasteiger partial charge in [-0.2, -0.15) is 13.2 Å². The molecule has 1 atom stereocenters. The van der Waals surface area contributed by atoms with Crippen LogP contribution in [0, 0.1) is 12.3 Å². The van der Waals surface area contributed by atoms with Crippen LogP contribution >= 0.6 is 0 Å². The van der Waals surface area contributed by atoms with Crippen molar-refractivity contribution in [2.75, 3.05) is 6.54 Å². The number of hydrogen-bond donors (Lipinski definition) is 1. The first-order valence-electron chi connectivity index (χ1n) is 3.88. The molecule has 1 saturated heterocycles. The molecule has 0 bridgehead atoms. The molecule has 3 amide bonds. The van der Waals surface area contributed by atoms with Gasteiger partial charge in [0, 0.05) is 0 Å². The number of nitrogens with one attached hydrogen (secondary N) is 1. The maximum absolute atomic E-state index is 12.5. The molecule has 1 aliphatic heterocycles. The molecule has 0 aromatic carbocycles. The highest BCUT2D eigenvalue weighted by Crippen LogP contribution is 2.34. The molecule has 1 fully saturated rings. The van der Waals surface area contributed by atoms with E-state index in [4.69, 9.17) is 6.42 Å². The van der Waals surface area contributed by atoms with Gasteiger partial charge in [0.05, 0.1) is 6.54 Å². The fourth-order valence-electron chi connectivity index (χ4n) is 1.12. The summed E-state index contributed by atoms with van der Waals surface area (Å²) in [6.45, 7) is 0.125. The molecule has 0 saturated carbocycles. The first kappa shape index (κ1) is 11.4. The topological polar surface area (TPSA) is 49.4 Å². The number of carbonyl (C=O) groups excluding carboxylic acids is 2. The minimum atomic E-state index is -4.84. The lowest BCUT2D eigenvalue weighted by Gasteiger charge is -2.24. The van der Waals surface area contributed by atoms with Gasteiger partial charge in [-0.1, -0.05) is 5.92 Å². The Labute approximate surface area is 83.4 Å². The fraction of sp³-hybridized carbons (Fsp3) is 0.500. The van der Waals surface area contributed by atoms with E-state index in [0.29, 0.717) is 11.8 Å². The van der Waals surface area contributed by atoms with E-state index in [1.807, 2.05) is 5.92 Å². The Bertz CT molecular complexity index is 358. The van der Waals surface area contributed by atoms with Crippen LogP contribution in [-0.2, 0) is 4.79 Å². The zero-order valence-corrected chi connectivity index (χ0v) is 7.68. The molecule has 4 nitrogen and oxygen atoms in total. The Morgan fingerprint density at radius 2 is 2.07 bits per heavy atom. The summed E-state index contributed by atoms with van der Waals surface area (Å²) in [4.78, 5) is 22.7. The number of amides is 3. The number of carbonyl (C=O) groups is 2. The summed E-state index contributed by atoms with van der Waals surface area (Å²) in [6, 6.07) is -1.13. The van der Waals surface area contributed by atoms with Crippen molar-refractivity contribution in [2.24, 2.45) is 0 Å². The summed E-state index contributed by atoms with van der Waals surface area (Å²) >= 11 is 0. The SMILES string of the molecule is C#CCN1C(=O)NC(C)(C(F)(F)F)C1=O. The number of alkyl halides is 3. The average molecular weight is 220 g/mol. The van der Waals surface area contributed by atoms with Gasteiger partial charge in [-0.15, -0.1) is 6.42 Å². The zero-order chi connectivity index (χ0) is 11.9. The highest BCUT2D eigenvalue weighted by Gasteiger charge is 2.64. The molecule has 7 heteroatoms. The van der Waals surface area contributed by atoms with Gasteiger partial charge in [-0.05, 0) is 6.92 Å². The van der Waals surface area contributed by atoms with E-state index in [0.717, 1.165) is 0 Å². The molecule has 1 aliphatic rings. The van der Waals surface area contributed by atoms with Crippen molar-refractivity contribution in [1.29, 1.82) is 0 Å². The largest absolute Gasteiger partial charge is 0.420 e. The molecule has 0 radical (unpaired) electrons. The molecular weight excluding hydrogens is 213 g/mol. The van der Waals surface area contributed by atoms with Crippen molar-refractivity contribution < 1.29 is 22.8 Å². The van der Waals surface area contributed by atoms with Crippen LogP contribution in [0.5, 0.6) is 0 Å². The Balaban J connectivity index is 3.06. The molecule has 0 aliphatic carbocycles. The number of terminal acetylenes is 1. The number of hydrogen-bond acceptors (Lipinski definition) is 2. The Morgan fingerprint density at radius 3 is 2.40 bits per heavy atom. The van der Waals surface area contributed by atoms with E-state index in [9.17, 15) is 22.8 Å². The molecule has 15 heavy (non-hydrogen) atoms. The minimum absolute atomic E-state index is 0.355. The predicted molar refractivity (Wildman–Crippen MR) is 43.5 cm³/mol. The third-order valence-corrected chi connectivity index (χ3v) is 2.09. The van der Waals surface area contributed by atoms with Gasteiger partial charge in [-0.25, -0.2) is 4.79 Å². The standard InChI is InChI=1S/C8H7F3N2O2/c1-3-4-13-5(14)7(2,8(9,10)11)12-6(13)15/h1H,4H2,2H3,(H,12,15). The maximum Gasteiger partial charge on any atom is 0.420 e. The molecule has 1 rings (SSSR count). The lowest BCUT2D eigenvalue weighted by atomic mass is 10.0. The van der Waals surface area contributed by atoms with Gasteiger partial charge < -0.3 is 5.32 Å². The van der Waals surface area contributed by atoms with Crippen LogP contribution in [0.2, 0.25) is 0 Å². The second-order valence-electron chi connectivity index (χ2n) is 3.15. The Kier molecular flexibility index (Phi) is 2.39. The third-order valence-electron chi connectivity index (χ3n) is 2.09. The van der Waals surface area contributed by atoms with Gasteiger partial charge in [-0.3, -0.25) is 9.69 Å². The van der Waals surface area contributed by atoms with Crippen molar-refractivity contribution in [3.63, 3.8) is 0 Å². The summed E-state index contributed by atoms with van der Waals surface area (Å²) < 4.78 is 37.4. The molecule has 1 heterocycles. The van der Waals surface area contributed by atoms with Crippen molar-refractivity contribution in [1.82, 2.24) is 10.2 Å². The monoisotopic (exact) mass is 220 g/mol. The van der Waals surface area contributed by atoms with E-state index >= 15 is 0 Å².